The minimum atomic E-state index is 1.16. The molecule has 0 fully saturated rings. The summed E-state index contributed by atoms with van der Waals surface area (Å²) >= 11 is 0. The van der Waals surface area contributed by atoms with Crippen LogP contribution in [0.25, 0.3) is 88.0 Å². The Bertz CT molecular complexity index is 2830. The van der Waals surface area contributed by atoms with Crippen molar-refractivity contribution in [3.05, 3.63) is 182 Å². The summed E-state index contributed by atoms with van der Waals surface area (Å²) in [6.07, 6.45) is 0. The maximum absolute atomic E-state index is 2.45. The lowest BCUT2D eigenvalue weighted by molar-refractivity contribution is 1.18. The fourth-order valence-corrected chi connectivity index (χ4v) is 7.88. The quantitative estimate of drug-likeness (QED) is 0.188. The van der Waals surface area contributed by atoms with Crippen molar-refractivity contribution in [3.63, 3.8) is 0 Å². The highest BCUT2D eigenvalue weighted by Gasteiger charge is 2.21. The Balaban J connectivity index is 1.28. The van der Waals surface area contributed by atoms with Gasteiger partial charge in [0.15, 0.2) is 0 Å². The van der Waals surface area contributed by atoms with Gasteiger partial charge in [0.2, 0.25) is 0 Å². The van der Waals surface area contributed by atoms with Crippen molar-refractivity contribution in [2.45, 2.75) is 0 Å². The number of hydrogen-bond donors (Lipinski definition) is 0. The number of fused-ring (bicyclic) bond motifs is 7. The first-order valence-corrected chi connectivity index (χ1v) is 16.5. The normalized spacial score (nSPS) is 11.8. The molecule has 0 saturated carbocycles. The Morgan fingerprint density at radius 3 is 1.54 bits per heavy atom. The van der Waals surface area contributed by atoms with E-state index in [1.807, 2.05) is 0 Å². The van der Waals surface area contributed by atoms with Gasteiger partial charge >= 0.3 is 0 Å². The SMILES string of the molecule is c1ccc(-c2cccc(-n3c4ccccc4c4c(-c5cccc6c5c5ccccc5n6-c5cccc6ccccc56)cccc43)c2)cc1. The summed E-state index contributed by atoms with van der Waals surface area (Å²) in [6.45, 7) is 0. The molecule has 0 aliphatic carbocycles. The molecule has 2 aromatic heterocycles. The van der Waals surface area contributed by atoms with E-state index in [0.29, 0.717) is 0 Å². The van der Waals surface area contributed by atoms with E-state index >= 15 is 0 Å². The Morgan fingerprint density at radius 1 is 0.312 bits per heavy atom. The van der Waals surface area contributed by atoms with Gasteiger partial charge in [-0.3, -0.25) is 0 Å². The summed E-state index contributed by atoms with van der Waals surface area (Å²) < 4.78 is 4.88. The number of hydrogen-bond acceptors (Lipinski definition) is 0. The number of benzene rings is 8. The van der Waals surface area contributed by atoms with Gasteiger partial charge in [-0.1, -0.05) is 140 Å². The van der Waals surface area contributed by atoms with Crippen molar-refractivity contribution in [2.24, 2.45) is 0 Å². The molecule has 10 aromatic rings. The van der Waals surface area contributed by atoms with Crippen LogP contribution in [0.1, 0.15) is 0 Å². The van der Waals surface area contributed by atoms with Crippen LogP contribution in [0.4, 0.5) is 0 Å². The minimum absolute atomic E-state index is 1.16. The first kappa shape index (κ1) is 26.8. The summed E-state index contributed by atoms with van der Waals surface area (Å²) in [7, 11) is 0. The first-order valence-electron chi connectivity index (χ1n) is 16.5. The molecular weight excluding hydrogens is 581 g/mol. The smallest absolute Gasteiger partial charge is 0.0547 e. The summed E-state index contributed by atoms with van der Waals surface area (Å²) in [5.41, 5.74) is 12.1. The summed E-state index contributed by atoms with van der Waals surface area (Å²) in [5, 5.41) is 7.54. The van der Waals surface area contributed by atoms with Gasteiger partial charge in [0.05, 0.1) is 27.8 Å². The van der Waals surface area contributed by atoms with E-state index in [4.69, 9.17) is 0 Å². The van der Waals surface area contributed by atoms with Crippen LogP contribution in [0, 0.1) is 0 Å². The van der Waals surface area contributed by atoms with Gasteiger partial charge in [-0.15, -0.1) is 0 Å². The van der Waals surface area contributed by atoms with Crippen molar-refractivity contribution in [1.82, 2.24) is 9.13 Å². The van der Waals surface area contributed by atoms with Gasteiger partial charge in [0.25, 0.3) is 0 Å². The van der Waals surface area contributed by atoms with E-state index in [-0.39, 0.29) is 0 Å². The Kier molecular flexibility index (Phi) is 5.91. The summed E-state index contributed by atoms with van der Waals surface area (Å²) in [4.78, 5) is 0. The Morgan fingerprint density at radius 2 is 0.812 bits per heavy atom. The lowest BCUT2D eigenvalue weighted by atomic mass is 9.95. The molecule has 2 heteroatoms. The van der Waals surface area contributed by atoms with Crippen molar-refractivity contribution in [1.29, 1.82) is 0 Å². The van der Waals surface area contributed by atoms with Crippen LogP contribution in [0.2, 0.25) is 0 Å². The number of rotatable bonds is 4. The fourth-order valence-electron chi connectivity index (χ4n) is 7.88. The molecule has 0 bridgehead atoms. The molecule has 48 heavy (non-hydrogen) atoms. The van der Waals surface area contributed by atoms with Gasteiger partial charge in [-0.05, 0) is 70.1 Å². The second-order valence-corrected chi connectivity index (χ2v) is 12.5. The Labute approximate surface area is 278 Å². The molecule has 0 saturated heterocycles. The average Bonchev–Trinajstić information content (AvgIpc) is 3.68. The van der Waals surface area contributed by atoms with Crippen molar-refractivity contribution >= 4 is 54.4 Å². The second-order valence-electron chi connectivity index (χ2n) is 12.5. The maximum Gasteiger partial charge on any atom is 0.0547 e. The van der Waals surface area contributed by atoms with Crippen LogP contribution in [0.5, 0.6) is 0 Å². The van der Waals surface area contributed by atoms with Crippen LogP contribution in [-0.2, 0) is 0 Å². The van der Waals surface area contributed by atoms with E-state index in [1.165, 1.54) is 82.3 Å². The molecule has 0 atom stereocenters. The van der Waals surface area contributed by atoms with E-state index in [1.54, 1.807) is 0 Å². The molecule has 0 N–H and O–H groups in total. The van der Waals surface area contributed by atoms with Crippen LogP contribution < -0.4 is 0 Å². The zero-order valence-corrected chi connectivity index (χ0v) is 26.2. The Hall–Kier alpha value is -6.38. The second kappa shape index (κ2) is 10.6. The lowest BCUT2D eigenvalue weighted by Gasteiger charge is -2.13. The highest BCUT2D eigenvalue weighted by Crippen LogP contribution is 2.44. The number of nitrogens with zero attached hydrogens (tertiary/aromatic N) is 2. The number of aromatic nitrogens is 2. The molecule has 0 amide bonds. The van der Waals surface area contributed by atoms with E-state index in [2.05, 4.69) is 191 Å². The highest BCUT2D eigenvalue weighted by molar-refractivity contribution is 6.22. The zero-order valence-electron chi connectivity index (χ0n) is 26.2. The standard InChI is InChI=1S/C46H30N2/c1-2-14-31(15-3-1)33-18-10-19-34(30-33)47-41-25-8-6-21-38(41)45-36(23-12-28-43(45)47)37-24-13-29-44-46(37)39-22-7-9-26-42(39)48(44)40-27-11-17-32-16-4-5-20-35(32)40/h1-30H. The van der Waals surface area contributed by atoms with Crippen LogP contribution >= 0.6 is 0 Å². The van der Waals surface area contributed by atoms with Gasteiger partial charge < -0.3 is 9.13 Å². The van der Waals surface area contributed by atoms with Crippen LogP contribution in [0.15, 0.2) is 182 Å². The highest BCUT2D eigenvalue weighted by atomic mass is 15.0. The molecule has 0 unspecified atom stereocenters. The van der Waals surface area contributed by atoms with Crippen molar-refractivity contribution in [3.8, 4) is 33.6 Å². The summed E-state index contributed by atoms with van der Waals surface area (Å²) in [6, 6.07) is 66.1. The van der Waals surface area contributed by atoms with E-state index in [9.17, 15) is 0 Å². The molecule has 0 radical (unpaired) electrons. The third kappa shape index (κ3) is 3.93. The molecular formula is C46H30N2. The molecule has 0 aliphatic heterocycles. The number of para-hydroxylation sites is 2. The molecule has 2 nitrogen and oxygen atoms in total. The topological polar surface area (TPSA) is 9.86 Å². The molecule has 224 valence electrons. The molecule has 0 aliphatic rings. The van der Waals surface area contributed by atoms with E-state index in [0.717, 1.165) is 5.69 Å². The largest absolute Gasteiger partial charge is 0.309 e. The fraction of sp³-hybridized carbons (Fsp3) is 0. The molecule has 8 aromatic carbocycles. The van der Waals surface area contributed by atoms with Gasteiger partial charge in [-0.2, -0.15) is 0 Å². The van der Waals surface area contributed by atoms with E-state index < -0.39 is 0 Å². The monoisotopic (exact) mass is 610 g/mol. The van der Waals surface area contributed by atoms with Gasteiger partial charge in [-0.25, -0.2) is 0 Å². The average molecular weight is 611 g/mol. The molecule has 10 rings (SSSR count). The predicted octanol–water partition coefficient (Wildman–Crippen LogP) is 12.4. The maximum atomic E-state index is 2.45. The van der Waals surface area contributed by atoms with Crippen LogP contribution in [0.3, 0.4) is 0 Å². The summed E-state index contributed by atoms with van der Waals surface area (Å²) in [5.74, 6) is 0. The third-order valence-corrected chi connectivity index (χ3v) is 9.90. The zero-order chi connectivity index (χ0) is 31.6. The third-order valence-electron chi connectivity index (χ3n) is 9.90. The van der Waals surface area contributed by atoms with Crippen molar-refractivity contribution < 1.29 is 0 Å². The molecule has 0 spiro atoms. The van der Waals surface area contributed by atoms with Crippen molar-refractivity contribution in [2.75, 3.05) is 0 Å². The van der Waals surface area contributed by atoms with Gasteiger partial charge in [0.1, 0.15) is 0 Å². The first-order chi connectivity index (χ1) is 23.8. The van der Waals surface area contributed by atoms with Gasteiger partial charge in [0, 0.05) is 32.6 Å². The molecule has 2 heterocycles. The predicted molar refractivity (Wildman–Crippen MR) is 203 cm³/mol. The lowest BCUT2D eigenvalue weighted by Crippen LogP contribution is -1.95. The van der Waals surface area contributed by atoms with Crippen LogP contribution in [-0.4, -0.2) is 9.13 Å². The minimum Gasteiger partial charge on any atom is -0.309 e.